The van der Waals surface area contributed by atoms with Crippen molar-refractivity contribution in [2.24, 2.45) is 5.92 Å². The standard InChI is InChI=1S/C20H29N5O/c1-15-13-19(20(26)23-8-7-21)25(14-15)16(2)17-3-5-18(6-4-17)24-11-9-22-10-12-24/h3-6,15-16,19,22H,8-14H2,1-2H3,(H,23,26)/t15?,16-,19+/m1/s1. The van der Waals surface area contributed by atoms with E-state index in [0.29, 0.717) is 5.92 Å². The van der Waals surface area contributed by atoms with Crippen LogP contribution in [0.2, 0.25) is 0 Å². The van der Waals surface area contributed by atoms with Crippen LogP contribution in [-0.2, 0) is 4.79 Å². The Kier molecular flexibility index (Phi) is 6.12. The van der Waals surface area contributed by atoms with E-state index in [2.05, 4.69) is 58.5 Å². The molecule has 1 unspecified atom stereocenters. The Bertz CT molecular complexity index is 647. The highest BCUT2D eigenvalue weighted by Crippen LogP contribution is 2.32. The molecule has 6 nitrogen and oxygen atoms in total. The minimum atomic E-state index is -0.152. The number of nitriles is 1. The summed E-state index contributed by atoms with van der Waals surface area (Å²) in [6, 6.07) is 10.8. The second kappa shape index (κ2) is 8.52. The third-order valence-electron chi connectivity index (χ3n) is 5.55. The van der Waals surface area contributed by atoms with Gasteiger partial charge in [0.15, 0.2) is 0 Å². The molecule has 0 bridgehead atoms. The Labute approximate surface area is 156 Å². The molecule has 0 aromatic heterocycles. The van der Waals surface area contributed by atoms with E-state index in [0.717, 1.165) is 39.1 Å². The predicted molar refractivity (Wildman–Crippen MR) is 103 cm³/mol. The smallest absolute Gasteiger partial charge is 0.238 e. The predicted octanol–water partition coefficient (Wildman–Crippen LogP) is 1.51. The van der Waals surface area contributed by atoms with Crippen LogP contribution < -0.4 is 15.5 Å². The van der Waals surface area contributed by atoms with Crippen molar-refractivity contribution in [2.75, 3.05) is 44.2 Å². The fraction of sp³-hybridized carbons (Fsp3) is 0.600. The first-order valence-corrected chi connectivity index (χ1v) is 9.56. The van der Waals surface area contributed by atoms with Gasteiger partial charge in [-0.2, -0.15) is 5.26 Å². The van der Waals surface area contributed by atoms with Crippen LogP contribution in [0.3, 0.4) is 0 Å². The molecule has 2 saturated heterocycles. The highest BCUT2D eigenvalue weighted by molar-refractivity contribution is 5.82. The molecule has 2 aliphatic heterocycles. The summed E-state index contributed by atoms with van der Waals surface area (Å²) in [4.78, 5) is 17.1. The third-order valence-corrected chi connectivity index (χ3v) is 5.55. The van der Waals surface area contributed by atoms with Crippen molar-refractivity contribution in [3.8, 4) is 6.07 Å². The first-order valence-electron chi connectivity index (χ1n) is 9.56. The van der Waals surface area contributed by atoms with E-state index in [1.807, 2.05) is 6.07 Å². The first kappa shape index (κ1) is 18.7. The minimum Gasteiger partial charge on any atom is -0.369 e. The van der Waals surface area contributed by atoms with Gasteiger partial charge in [-0.05, 0) is 37.0 Å². The number of nitrogens with zero attached hydrogens (tertiary/aromatic N) is 3. The van der Waals surface area contributed by atoms with Crippen LogP contribution >= 0.6 is 0 Å². The van der Waals surface area contributed by atoms with Gasteiger partial charge in [0, 0.05) is 44.5 Å². The zero-order chi connectivity index (χ0) is 18.5. The number of rotatable bonds is 5. The maximum absolute atomic E-state index is 12.4. The van der Waals surface area contributed by atoms with Crippen molar-refractivity contribution in [1.29, 1.82) is 5.26 Å². The maximum atomic E-state index is 12.4. The number of benzene rings is 1. The number of hydrogen-bond acceptors (Lipinski definition) is 5. The summed E-state index contributed by atoms with van der Waals surface area (Å²) in [6.07, 6.45) is 0.848. The van der Waals surface area contributed by atoms with Crippen LogP contribution in [-0.4, -0.2) is 56.1 Å². The van der Waals surface area contributed by atoms with Gasteiger partial charge in [-0.3, -0.25) is 9.69 Å². The monoisotopic (exact) mass is 355 g/mol. The average Bonchev–Trinajstić information content (AvgIpc) is 3.08. The van der Waals surface area contributed by atoms with Gasteiger partial charge in [0.2, 0.25) is 5.91 Å². The van der Waals surface area contributed by atoms with Gasteiger partial charge in [0.25, 0.3) is 0 Å². The average molecular weight is 355 g/mol. The summed E-state index contributed by atoms with van der Waals surface area (Å²) < 4.78 is 0. The normalized spacial score (nSPS) is 24.9. The van der Waals surface area contributed by atoms with Crippen molar-refractivity contribution in [1.82, 2.24) is 15.5 Å². The topological polar surface area (TPSA) is 71.4 Å². The Morgan fingerprint density at radius 1 is 1.35 bits per heavy atom. The molecule has 2 heterocycles. The highest BCUT2D eigenvalue weighted by Gasteiger charge is 2.37. The van der Waals surface area contributed by atoms with E-state index in [1.54, 1.807) is 0 Å². The Balaban J connectivity index is 1.69. The second-order valence-electron chi connectivity index (χ2n) is 7.43. The first-order chi connectivity index (χ1) is 12.6. The number of carbonyl (C=O) groups excluding carboxylic acids is 1. The lowest BCUT2D eigenvalue weighted by Gasteiger charge is -2.32. The molecule has 1 aromatic carbocycles. The number of piperazine rings is 1. The number of likely N-dealkylation sites (tertiary alicyclic amines) is 1. The Morgan fingerprint density at radius 3 is 2.69 bits per heavy atom. The number of nitrogens with one attached hydrogen (secondary N) is 2. The molecule has 140 valence electrons. The molecule has 0 radical (unpaired) electrons. The van der Waals surface area contributed by atoms with Crippen LogP contribution in [0.4, 0.5) is 5.69 Å². The van der Waals surface area contributed by atoms with Crippen molar-refractivity contribution in [2.45, 2.75) is 32.4 Å². The zero-order valence-electron chi connectivity index (χ0n) is 15.7. The molecule has 3 rings (SSSR count). The SMILES string of the molecule is CC1C[C@@H](C(=O)NCC#N)N([C@H](C)c2ccc(N3CCNCC3)cc2)C1. The second-order valence-corrected chi connectivity index (χ2v) is 7.43. The van der Waals surface area contributed by atoms with Crippen LogP contribution in [0.1, 0.15) is 31.9 Å². The third kappa shape index (κ3) is 4.17. The summed E-state index contributed by atoms with van der Waals surface area (Å²) in [6.45, 7) is 9.48. The van der Waals surface area contributed by atoms with Gasteiger partial charge in [0.05, 0.1) is 12.1 Å². The molecule has 0 spiro atoms. The van der Waals surface area contributed by atoms with Crippen molar-refractivity contribution >= 4 is 11.6 Å². The molecule has 0 aliphatic carbocycles. The molecule has 26 heavy (non-hydrogen) atoms. The minimum absolute atomic E-state index is 0.0276. The number of anilines is 1. The van der Waals surface area contributed by atoms with E-state index < -0.39 is 0 Å². The van der Waals surface area contributed by atoms with Crippen LogP contribution in [0.15, 0.2) is 24.3 Å². The molecular formula is C20H29N5O. The van der Waals surface area contributed by atoms with E-state index in [1.165, 1.54) is 11.3 Å². The highest BCUT2D eigenvalue weighted by atomic mass is 16.2. The molecule has 1 amide bonds. The quantitative estimate of drug-likeness (QED) is 0.784. The Hall–Kier alpha value is -2.10. The molecule has 2 fully saturated rings. The van der Waals surface area contributed by atoms with Gasteiger partial charge in [-0.25, -0.2) is 0 Å². The Morgan fingerprint density at radius 2 is 2.04 bits per heavy atom. The molecule has 2 N–H and O–H groups in total. The van der Waals surface area contributed by atoms with Crippen LogP contribution in [0.25, 0.3) is 0 Å². The number of carbonyl (C=O) groups is 1. The summed E-state index contributed by atoms with van der Waals surface area (Å²) in [5.74, 6) is 0.454. The lowest BCUT2D eigenvalue weighted by Crippen LogP contribution is -2.44. The maximum Gasteiger partial charge on any atom is 0.238 e. The molecule has 3 atom stereocenters. The molecular weight excluding hydrogens is 326 g/mol. The van der Waals surface area contributed by atoms with Crippen molar-refractivity contribution in [3.05, 3.63) is 29.8 Å². The summed E-state index contributed by atoms with van der Waals surface area (Å²) in [7, 11) is 0. The van der Waals surface area contributed by atoms with E-state index in [9.17, 15) is 4.79 Å². The van der Waals surface area contributed by atoms with Gasteiger partial charge in [-0.1, -0.05) is 19.1 Å². The number of amides is 1. The van der Waals surface area contributed by atoms with Gasteiger partial charge in [0.1, 0.15) is 6.54 Å². The lowest BCUT2D eigenvalue weighted by molar-refractivity contribution is -0.125. The molecule has 0 saturated carbocycles. The van der Waals surface area contributed by atoms with Crippen molar-refractivity contribution < 1.29 is 4.79 Å². The van der Waals surface area contributed by atoms with Gasteiger partial charge >= 0.3 is 0 Å². The lowest BCUT2D eigenvalue weighted by atomic mass is 10.0. The van der Waals surface area contributed by atoms with Crippen LogP contribution in [0, 0.1) is 17.2 Å². The van der Waals surface area contributed by atoms with E-state index in [-0.39, 0.29) is 24.5 Å². The van der Waals surface area contributed by atoms with E-state index >= 15 is 0 Å². The summed E-state index contributed by atoms with van der Waals surface area (Å²) >= 11 is 0. The molecule has 1 aromatic rings. The number of hydrogen-bond donors (Lipinski definition) is 2. The fourth-order valence-corrected chi connectivity index (χ4v) is 4.09. The van der Waals surface area contributed by atoms with Gasteiger partial charge < -0.3 is 15.5 Å². The summed E-state index contributed by atoms with van der Waals surface area (Å²) in [5, 5.41) is 14.8. The zero-order valence-corrected chi connectivity index (χ0v) is 15.7. The largest absolute Gasteiger partial charge is 0.369 e. The van der Waals surface area contributed by atoms with E-state index in [4.69, 9.17) is 5.26 Å². The summed E-state index contributed by atoms with van der Waals surface area (Å²) in [5.41, 5.74) is 2.50. The van der Waals surface area contributed by atoms with Crippen molar-refractivity contribution in [3.63, 3.8) is 0 Å². The van der Waals surface area contributed by atoms with Crippen LogP contribution in [0.5, 0.6) is 0 Å². The fourth-order valence-electron chi connectivity index (χ4n) is 4.09. The molecule has 2 aliphatic rings. The molecule has 6 heteroatoms. The van der Waals surface area contributed by atoms with Gasteiger partial charge in [-0.15, -0.1) is 0 Å².